The van der Waals surface area contributed by atoms with Crippen molar-refractivity contribution < 1.29 is 9.53 Å². The minimum atomic E-state index is -0.264. The molecule has 1 heterocycles. The van der Waals surface area contributed by atoms with Gasteiger partial charge in [0.15, 0.2) is 0 Å². The topological polar surface area (TPSA) is 26.3 Å². The molecular formula is C17H20O2S. The average Bonchev–Trinajstić information content (AvgIpc) is 3.01. The van der Waals surface area contributed by atoms with Gasteiger partial charge < -0.3 is 4.74 Å². The third-order valence-electron chi connectivity index (χ3n) is 3.62. The lowest BCUT2D eigenvalue weighted by Crippen LogP contribution is -2.08. The molecule has 0 aliphatic rings. The average molecular weight is 288 g/mol. The summed E-state index contributed by atoms with van der Waals surface area (Å²) in [6, 6.07) is 9.71. The Morgan fingerprint density at radius 2 is 1.85 bits per heavy atom. The first kappa shape index (κ1) is 14.8. The van der Waals surface area contributed by atoms with E-state index in [1.807, 2.05) is 48.0 Å². The molecule has 1 aromatic heterocycles. The number of esters is 1. The van der Waals surface area contributed by atoms with Gasteiger partial charge in [0.25, 0.3) is 0 Å². The van der Waals surface area contributed by atoms with Crippen LogP contribution in [0, 0.1) is 0 Å². The monoisotopic (exact) mass is 288 g/mol. The molecule has 2 unspecified atom stereocenters. The van der Waals surface area contributed by atoms with Crippen molar-refractivity contribution in [2.45, 2.75) is 39.2 Å². The van der Waals surface area contributed by atoms with Crippen LogP contribution in [0.5, 0.6) is 0 Å². The van der Waals surface area contributed by atoms with Crippen molar-refractivity contribution in [2.75, 3.05) is 0 Å². The van der Waals surface area contributed by atoms with Crippen LogP contribution in [0.1, 0.15) is 60.7 Å². The van der Waals surface area contributed by atoms with Crippen LogP contribution in [0.3, 0.4) is 0 Å². The maximum Gasteiger partial charge on any atom is 0.338 e. The van der Waals surface area contributed by atoms with E-state index in [1.165, 1.54) is 5.56 Å². The van der Waals surface area contributed by atoms with Gasteiger partial charge in [0.1, 0.15) is 6.10 Å². The van der Waals surface area contributed by atoms with E-state index in [0.29, 0.717) is 11.5 Å². The maximum absolute atomic E-state index is 12.1. The molecule has 2 nitrogen and oxygen atoms in total. The van der Waals surface area contributed by atoms with E-state index >= 15 is 0 Å². The fourth-order valence-electron chi connectivity index (χ4n) is 1.99. The summed E-state index contributed by atoms with van der Waals surface area (Å²) in [5.74, 6) is 0.254. The van der Waals surface area contributed by atoms with E-state index in [-0.39, 0.29) is 12.1 Å². The molecule has 0 fully saturated rings. The largest absolute Gasteiger partial charge is 0.454 e. The maximum atomic E-state index is 12.1. The predicted molar refractivity (Wildman–Crippen MR) is 83.3 cm³/mol. The fraction of sp³-hybridized carbons (Fsp3) is 0.353. The van der Waals surface area contributed by atoms with Gasteiger partial charge in [-0.1, -0.05) is 26.0 Å². The highest BCUT2D eigenvalue weighted by atomic mass is 32.1. The first-order valence-corrected chi connectivity index (χ1v) is 7.89. The minimum absolute atomic E-state index is 0.206. The van der Waals surface area contributed by atoms with Crippen LogP contribution in [0.4, 0.5) is 0 Å². The number of rotatable bonds is 5. The second-order valence-corrected chi connectivity index (χ2v) is 5.82. The van der Waals surface area contributed by atoms with Gasteiger partial charge >= 0.3 is 5.97 Å². The molecule has 0 saturated heterocycles. The highest BCUT2D eigenvalue weighted by Gasteiger charge is 2.14. The van der Waals surface area contributed by atoms with Gasteiger partial charge in [-0.15, -0.1) is 0 Å². The van der Waals surface area contributed by atoms with Crippen LogP contribution in [-0.2, 0) is 4.74 Å². The van der Waals surface area contributed by atoms with Gasteiger partial charge in [0.2, 0.25) is 0 Å². The van der Waals surface area contributed by atoms with Crippen molar-refractivity contribution in [1.29, 1.82) is 0 Å². The van der Waals surface area contributed by atoms with Crippen LogP contribution in [0.2, 0.25) is 0 Å². The molecule has 2 aromatic rings. The molecular weight excluding hydrogens is 268 g/mol. The van der Waals surface area contributed by atoms with Crippen molar-refractivity contribution >= 4 is 17.3 Å². The van der Waals surface area contributed by atoms with Gasteiger partial charge in [-0.25, -0.2) is 4.79 Å². The molecule has 0 saturated carbocycles. The highest BCUT2D eigenvalue weighted by Crippen LogP contribution is 2.22. The van der Waals surface area contributed by atoms with Gasteiger partial charge in [0, 0.05) is 5.56 Å². The Morgan fingerprint density at radius 1 is 1.15 bits per heavy atom. The first-order valence-electron chi connectivity index (χ1n) is 6.94. The van der Waals surface area contributed by atoms with Crippen molar-refractivity contribution in [3.63, 3.8) is 0 Å². The van der Waals surface area contributed by atoms with Crippen molar-refractivity contribution in [3.05, 3.63) is 57.8 Å². The lowest BCUT2D eigenvalue weighted by atomic mass is 9.98. The van der Waals surface area contributed by atoms with Crippen LogP contribution in [0.15, 0.2) is 41.1 Å². The van der Waals surface area contributed by atoms with E-state index in [4.69, 9.17) is 4.74 Å². The van der Waals surface area contributed by atoms with Crippen LogP contribution in [0.25, 0.3) is 0 Å². The Bertz CT molecular complexity index is 543. The van der Waals surface area contributed by atoms with Crippen LogP contribution in [-0.4, -0.2) is 5.97 Å². The lowest BCUT2D eigenvalue weighted by Gasteiger charge is -2.13. The number of hydrogen-bond acceptors (Lipinski definition) is 3. The number of ether oxygens (including phenoxy) is 1. The zero-order valence-electron chi connectivity index (χ0n) is 12.1. The third-order valence-corrected chi connectivity index (χ3v) is 4.33. The lowest BCUT2D eigenvalue weighted by molar-refractivity contribution is 0.0338. The van der Waals surface area contributed by atoms with Gasteiger partial charge in [-0.05, 0) is 53.8 Å². The van der Waals surface area contributed by atoms with E-state index in [9.17, 15) is 4.79 Å². The Morgan fingerprint density at radius 3 is 2.40 bits per heavy atom. The zero-order valence-corrected chi connectivity index (χ0v) is 12.9. The van der Waals surface area contributed by atoms with E-state index in [1.54, 1.807) is 11.3 Å². The Kier molecular flexibility index (Phi) is 4.96. The standard InChI is InChI=1S/C17H20O2S/c1-4-12(2)14-5-7-15(8-6-14)17(18)19-13(3)16-9-10-20-11-16/h5-13H,4H2,1-3H3. The van der Waals surface area contributed by atoms with E-state index in [0.717, 1.165) is 12.0 Å². The number of hydrogen-bond donors (Lipinski definition) is 0. The molecule has 2 atom stereocenters. The van der Waals surface area contributed by atoms with Crippen LogP contribution >= 0.6 is 11.3 Å². The number of carbonyl (C=O) groups is 1. The summed E-state index contributed by atoms with van der Waals surface area (Å²) >= 11 is 1.61. The molecule has 106 valence electrons. The van der Waals surface area contributed by atoms with Crippen molar-refractivity contribution in [1.82, 2.24) is 0 Å². The quantitative estimate of drug-likeness (QED) is 0.709. The van der Waals surface area contributed by atoms with Crippen molar-refractivity contribution in [2.24, 2.45) is 0 Å². The number of thiophene rings is 1. The number of benzene rings is 1. The summed E-state index contributed by atoms with van der Waals surface area (Å²) in [6.45, 7) is 6.24. The van der Waals surface area contributed by atoms with Gasteiger partial charge in [-0.2, -0.15) is 11.3 Å². The zero-order chi connectivity index (χ0) is 14.5. The molecule has 20 heavy (non-hydrogen) atoms. The molecule has 0 radical (unpaired) electrons. The van der Waals surface area contributed by atoms with Gasteiger partial charge in [0.05, 0.1) is 5.56 Å². The van der Waals surface area contributed by atoms with Crippen molar-refractivity contribution in [3.8, 4) is 0 Å². The Hall–Kier alpha value is -1.61. The molecule has 3 heteroatoms. The summed E-state index contributed by atoms with van der Waals surface area (Å²) in [6.07, 6.45) is 0.891. The summed E-state index contributed by atoms with van der Waals surface area (Å²) in [4.78, 5) is 12.1. The summed E-state index contributed by atoms with van der Waals surface area (Å²) < 4.78 is 5.48. The molecule has 0 spiro atoms. The Balaban J connectivity index is 2.02. The molecule has 0 N–H and O–H groups in total. The van der Waals surface area contributed by atoms with Gasteiger partial charge in [-0.3, -0.25) is 0 Å². The van der Waals surface area contributed by atoms with Crippen LogP contribution < -0.4 is 0 Å². The smallest absolute Gasteiger partial charge is 0.338 e. The molecule has 0 amide bonds. The molecule has 2 rings (SSSR count). The Labute approximate surface area is 124 Å². The summed E-state index contributed by atoms with van der Waals surface area (Å²) in [7, 11) is 0. The normalized spacial score (nSPS) is 13.8. The SMILES string of the molecule is CCC(C)c1ccc(C(=O)OC(C)c2ccsc2)cc1. The molecule has 0 aliphatic carbocycles. The third kappa shape index (κ3) is 3.48. The number of carbonyl (C=O) groups excluding carboxylic acids is 1. The molecule has 0 bridgehead atoms. The van der Waals surface area contributed by atoms with E-state index in [2.05, 4.69) is 13.8 Å². The predicted octanol–water partition coefficient (Wildman–Crippen LogP) is 5.18. The van der Waals surface area contributed by atoms with E-state index < -0.39 is 0 Å². The summed E-state index contributed by atoms with van der Waals surface area (Å²) in [5.41, 5.74) is 2.91. The second-order valence-electron chi connectivity index (χ2n) is 5.04. The molecule has 0 aliphatic heterocycles. The molecule has 1 aromatic carbocycles. The summed E-state index contributed by atoms with van der Waals surface area (Å²) in [5, 5.41) is 3.99. The second kappa shape index (κ2) is 6.71. The fourth-order valence-corrected chi connectivity index (χ4v) is 2.73. The highest BCUT2D eigenvalue weighted by molar-refractivity contribution is 7.07. The minimum Gasteiger partial charge on any atom is -0.454 e. The first-order chi connectivity index (χ1) is 9.61.